The minimum Gasteiger partial charge on any atom is -0.379 e. The second-order valence-electron chi connectivity index (χ2n) is 6.18. The van der Waals surface area contributed by atoms with Crippen LogP contribution in [-0.4, -0.2) is 119 Å². The average molecular weight is 441 g/mol. The predicted molar refractivity (Wildman–Crippen MR) is 114 cm³/mol. The monoisotopic (exact) mass is 440 g/mol. The van der Waals surface area contributed by atoms with Gasteiger partial charge in [0.2, 0.25) is 0 Å². The third-order valence-electron chi connectivity index (χ3n) is 3.59. The minimum absolute atomic E-state index is 0.535. The molecule has 0 aliphatic carbocycles. The summed E-state index contributed by atoms with van der Waals surface area (Å²) < 4.78 is 43.1. The van der Waals surface area contributed by atoms with E-state index in [-0.39, 0.29) is 0 Å². The lowest BCUT2D eigenvalue weighted by molar-refractivity contribution is -0.0231. The summed E-state index contributed by atoms with van der Waals surface area (Å²) in [6.07, 6.45) is 1.76. The lowest BCUT2D eigenvalue weighted by atomic mass is 10.5. The van der Waals surface area contributed by atoms with Gasteiger partial charge in [-0.1, -0.05) is 0 Å². The molecule has 182 valence electrons. The Morgan fingerprint density at radius 3 is 0.600 bits per heavy atom. The molecule has 0 unspecified atom stereocenters. The Bertz CT molecular complexity index is 276. The van der Waals surface area contributed by atoms with Crippen LogP contribution in [0.2, 0.25) is 0 Å². The summed E-state index contributed by atoms with van der Waals surface area (Å²) in [6.45, 7) is 10.4. The van der Waals surface area contributed by atoms with Crippen molar-refractivity contribution in [1.29, 1.82) is 0 Å². The van der Waals surface area contributed by atoms with Crippen LogP contribution in [-0.2, 0) is 37.9 Å². The number of ether oxygens (including phenoxy) is 8. The lowest BCUT2D eigenvalue weighted by Gasteiger charge is -2.08. The third-order valence-corrected chi connectivity index (χ3v) is 3.59. The Balaban J connectivity index is 2.97. The summed E-state index contributed by atoms with van der Waals surface area (Å²) in [5, 5.41) is 0. The van der Waals surface area contributed by atoms with E-state index in [9.17, 15) is 0 Å². The first-order chi connectivity index (χ1) is 14.9. The summed E-state index contributed by atoms with van der Waals surface area (Å²) in [5.74, 6) is 0. The molecule has 0 aliphatic heterocycles. The molecular weight excluding hydrogens is 396 g/mol. The van der Waals surface area contributed by atoms with E-state index in [4.69, 9.17) is 49.4 Å². The van der Waals surface area contributed by atoms with Gasteiger partial charge in [0.15, 0.2) is 0 Å². The minimum atomic E-state index is 0.535. The predicted octanol–water partition coefficient (Wildman–Crippen LogP) is -0.183. The molecule has 0 fully saturated rings. The molecule has 0 amide bonds. The molecule has 10 heteroatoms. The molecule has 0 aromatic rings. The highest BCUT2D eigenvalue weighted by atomic mass is 16.6. The van der Waals surface area contributed by atoms with Crippen LogP contribution in [0, 0.1) is 0 Å². The van der Waals surface area contributed by atoms with Crippen molar-refractivity contribution in [2.24, 2.45) is 11.5 Å². The number of hydrogen-bond donors (Lipinski definition) is 2. The molecule has 0 atom stereocenters. The summed E-state index contributed by atoms with van der Waals surface area (Å²) in [4.78, 5) is 0. The smallest absolute Gasteiger partial charge is 0.0701 e. The van der Waals surface area contributed by atoms with E-state index in [1.165, 1.54) is 0 Å². The highest BCUT2D eigenvalue weighted by molar-refractivity contribution is 4.39. The van der Waals surface area contributed by atoms with E-state index in [2.05, 4.69) is 0 Å². The van der Waals surface area contributed by atoms with Crippen molar-refractivity contribution in [3.05, 3.63) is 0 Å². The second kappa shape index (κ2) is 28.6. The van der Waals surface area contributed by atoms with Crippen LogP contribution in [0.5, 0.6) is 0 Å². The summed E-state index contributed by atoms with van der Waals surface area (Å²) in [7, 11) is 0. The molecule has 30 heavy (non-hydrogen) atoms. The molecule has 0 radical (unpaired) electrons. The van der Waals surface area contributed by atoms with Gasteiger partial charge in [-0.3, -0.25) is 0 Å². The summed E-state index contributed by atoms with van der Waals surface area (Å²) >= 11 is 0. The van der Waals surface area contributed by atoms with Crippen LogP contribution in [0.1, 0.15) is 12.8 Å². The molecule has 0 saturated heterocycles. The highest BCUT2D eigenvalue weighted by Crippen LogP contribution is 1.86. The quantitative estimate of drug-likeness (QED) is 0.166. The van der Waals surface area contributed by atoms with Crippen molar-refractivity contribution < 1.29 is 37.9 Å². The van der Waals surface area contributed by atoms with E-state index < -0.39 is 0 Å². The van der Waals surface area contributed by atoms with E-state index in [1.807, 2.05) is 0 Å². The molecular formula is C20H44N2O8. The fourth-order valence-corrected chi connectivity index (χ4v) is 2.01. The lowest BCUT2D eigenvalue weighted by Crippen LogP contribution is -2.15. The fourth-order valence-electron chi connectivity index (χ4n) is 2.01. The van der Waals surface area contributed by atoms with Gasteiger partial charge in [-0.25, -0.2) is 0 Å². The van der Waals surface area contributed by atoms with Crippen LogP contribution in [0.3, 0.4) is 0 Å². The maximum absolute atomic E-state index is 5.42. The van der Waals surface area contributed by atoms with E-state index in [0.717, 1.165) is 12.8 Å². The zero-order valence-electron chi connectivity index (χ0n) is 18.6. The van der Waals surface area contributed by atoms with Gasteiger partial charge in [-0.2, -0.15) is 0 Å². The summed E-state index contributed by atoms with van der Waals surface area (Å²) in [6, 6.07) is 0. The molecule has 0 aliphatic rings. The number of nitrogens with two attached hydrogens (primary N) is 2. The number of rotatable bonds is 27. The van der Waals surface area contributed by atoms with Crippen molar-refractivity contribution in [2.75, 3.05) is 119 Å². The normalized spacial score (nSPS) is 11.4. The van der Waals surface area contributed by atoms with Gasteiger partial charge in [0.05, 0.1) is 92.5 Å². The van der Waals surface area contributed by atoms with Crippen molar-refractivity contribution >= 4 is 0 Å². The van der Waals surface area contributed by atoms with Crippen LogP contribution >= 0.6 is 0 Å². The van der Waals surface area contributed by atoms with Gasteiger partial charge >= 0.3 is 0 Å². The standard InChI is InChI=1S/C20H44N2O8/c21-3-1-5-23-7-9-25-11-13-27-15-17-29-19-20-30-18-16-28-14-12-26-10-8-24-6-2-4-22/h1-22H2. The Morgan fingerprint density at radius 1 is 0.267 bits per heavy atom. The first-order valence-electron chi connectivity index (χ1n) is 10.9. The largest absolute Gasteiger partial charge is 0.379 e. The topological polar surface area (TPSA) is 126 Å². The molecule has 10 nitrogen and oxygen atoms in total. The van der Waals surface area contributed by atoms with E-state index in [0.29, 0.717) is 119 Å². The average Bonchev–Trinajstić information content (AvgIpc) is 2.76. The van der Waals surface area contributed by atoms with E-state index in [1.54, 1.807) is 0 Å². The van der Waals surface area contributed by atoms with Crippen LogP contribution in [0.4, 0.5) is 0 Å². The second-order valence-corrected chi connectivity index (χ2v) is 6.18. The van der Waals surface area contributed by atoms with Crippen LogP contribution in [0.15, 0.2) is 0 Å². The maximum Gasteiger partial charge on any atom is 0.0701 e. The van der Waals surface area contributed by atoms with Crippen molar-refractivity contribution in [3.63, 3.8) is 0 Å². The van der Waals surface area contributed by atoms with Crippen molar-refractivity contribution in [1.82, 2.24) is 0 Å². The number of hydrogen-bond acceptors (Lipinski definition) is 10. The Labute approximate surface area is 181 Å². The Kier molecular flexibility index (Phi) is 28.2. The zero-order valence-corrected chi connectivity index (χ0v) is 18.6. The van der Waals surface area contributed by atoms with Gasteiger partial charge in [0.25, 0.3) is 0 Å². The van der Waals surface area contributed by atoms with Crippen LogP contribution < -0.4 is 11.5 Å². The zero-order chi connectivity index (χ0) is 21.8. The van der Waals surface area contributed by atoms with Crippen LogP contribution in [0.25, 0.3) is 0 Å². The van der Waals surface area contributed by atoms with Gasteiger partial charge in [-0.15, -0.1) is 0 Å². The molecule has 0 aromatic carbocycles. The molecule has 0 spiro atoms. The van der Waals surface area contributed by atoms with Crippen molar-refractivity contribution in [3.8, 4) is 0 Å². The molecule has 0 rings (SSSR count). The third kappa shape index (κ3) is 27.6. The van der Waals surface area contributed by atoms with Gasteiger partial charge in [-0.05, 0) is 25.9 Å². The SMILES string of the molecule is NCCCOCCOCCOCCOCCOCCOCCOCCOCCCN. The maximum atomic E-state index is 5.42. The Hall–Kier alpha value is -0.400. The van der Waals surface area contributed by atoms with Gasteiger partial charge in [0, 0.05) is 13.2 Å². The molecule has 0 saturated carbocycles. The Morgan fingerprint density at radius 2 is 0.433 bits per heavy atom. The first-order valence-corrected chi connectivity index (χ1v) is 10.9. The molecule has 0 aromatic heterocycles. The summed E-state index contributed by atoms with van der Waals surface area (Å²) in [5.41, 5.74) is 10.7. The van der Waals surface area contributed by atoms with Crippen molar-refractivity contribution in [2.45, 2.75) is 12.8 Å². The molecule has 4 N–H and O–H groups in total. The van der Waals surface area contributed by atoms with Gasteiger partial charge in [0.1, 0.15) is 0 Å². The van der Waals surface area contributed by atoms with Gasteiger partial charge < -0.3 is 49.4 Å². The first kappa shape index (κ1) is 29.6. The molecule has 0 heterocycles. The molecule has 0 bridgehead atoms. The fraction of sp³-hybridized carbons (Fsp3) is 1.00. The van der Waals surface area contributed by atoms with E-state index >= 15 is 0 Å². The highest BCUT2D eigenvalue weighted by Gasteiger charge is 1.95.